The zero-order valence-corrected chi connectivity index (χ0v) is 10.4. The molecule has 18 heavy (non-hydrogen) atoms. The molecule has 92 valence electrons. The van der Waals surface area contributed by atoms with Crippen LogP contribution < -0.4 is 0 Å². The third kappa shape index (κ3) is 2.51. The monoisotopic (exact) mass is 264 g/mol. The molecule has 0 atom stereocenters. The number of hydrogen-bond acceptors (Lipinski definition) is 2. The summed E-state index contributed by atoms with van der Waals surface area (Å²) in [5.41, 5.74) is 1.50. The molecule has 2 nitrogen and oxygen atoms in total. The Morgan fingerprint density at radius 1 is 1.11 bits per heavy atom. The molecule has 0 aliphatic carbocycles. The Balaban J connectivity index is 2.46. The third-order valence-electron chi connectivity index (χ3n) is 2.55. The van der Waals surface area contributed by atoms with Crippen LogP contribution >= 0.6 is 11.6 Å². The fraction of sp³-hybridized carbons (Fsp3) is 0.0714. The zero-order chi connectivity index (χ0) is 13.1. The molecule has 0 aliphatic rings. The van der Waals surface area contributed by atoms with Gasteiger partial charge in [-0.3, -0.25) is 0 Å². The van der Waals surface area contributed by atoms with E-state index in [0.29, 0.717) is 5.02 Å². The smallest absolute Gasteiger partial charge is 0.340 e. The van der Waals surface area contributed by atoms with Gasteiger partial charge in [0.15, 0.2) is 0 Å². The molecule has 0 aromatic heterocycles. The fourth-order valence-electron chi connectivity index (χ4n) is 1.61. The second-order valence-electron chi connectivity index (χ2n) is 3.69. The molecule has 4 heteroatoms. The van der Waals surface area contributed by atoms with Crippen molar-refractivity contribution in [3.05, 3.63) is 58.9 Å². The molecule has 0 amide bonds. The summed E-state index contributed by atoms with van der Waals surface area (Å²) in [5, 5.41) is 0.619. The van der Waals surface area contributed by atoms with E-state index < -0.39 is 11.8 Å². The molecule has 0 heterocycles. The standard InChI is InChI=1S/C14H10ClFO2/c1-18-14(17)12-8-10(4-7-13(12)16)9-2-5-11(15)6-3-9/h2-8H,1H3. The molecule has 2 rings (SSSR count). The van der Waals surface area contributed by atoms with E-state index in [0.717, 1.165) is 11.1 Å². The molecule has 0 saturated carbocycles. The molecule has 0 radical (unpaired) electrons. The van der Waals surface area contributed by atoms with E-state index in [9.17, 15) is 9.18 Å². The number of esters is 1. The number of carbonyl (C=O) groups is 1. The molecule has 2 aromatic carbocycles. The average molecular weight is 265 g/mol. The Hall–Kier alpha value is -1.87. The summed E-state index contributed by atoms with van der Waals surface area (Å²) < 4.78 is 18.0. The van der Waals surface area contributed by atoms with Crippen molar-refractivity contribution < 1.29 is 13.9 Å². The van der Waals surface area contributed by atoms with Gasteiger partial charge in [-0.05, 0) is 35.4 Å². The van der Waals surface area contributed by atoms with Crippen LogP contribution in [0.1, 0.15) is 10.4 Å². The molecule has 0 saturated heterocycles. The van der Waals surface area contributed by atoms with Crippen molar-refractivity contribution in [1.82, 2.24) is 0 Å². The quantitative estimate of drug-likeness (QED) is 0.768. The maximum Gasteiger partial charge on any atom is 0.340 e. The Morgan fingerprint density at radius 3 is 2.33 bits per heavy atom. The Bertz CT molecular complexity index is 579. The molecule has 0 spiro atoms. The first kappa shape index (κ1) is 12.6. The van der Waals surface area contributed by atoms with Crippen LogP contribution in [-0.2, 0) is 4.74 Å². The number of hydrogen-bond donors (Lipinski definition) is 0. The van der Waals surface area contributed by atoms with Gasteiger partial charge in [-0.25, -0.2) is 9.18 Å². The molecule has 0 fully saturated rings. The van der Waals surface area contributed by atoms with Crippen LogP contribution in [0.4, 0.5) is 4.39 Å². The fourth-order valence-corrected chi connectivity index (χ4v) is 1.74. The van der Waals surface area contributed by atoms with E-state index >= 15 is 0 Å². The van der Waals surface area contributed by atoms with Crippen LogP contribution in [0.3, 0.4) is 0 Å². The van der Waals surface area contributed by atoms with Crippen molar-refractivity contribution in [2.45, 2.75) is 0 Å². The summed E-state index contributed by atoms with van der Waals surface area (Å²) in [6.07, 6.45) is 0. The molecular weight excluding hydrogens is 255 g/mol. The van der Waals surface area contributed by atoms with Crippen molar-refractivity contribution in [3.8, 4) is 11.1 Å². The number of benzene rings is 2. The highest BCUT2D eigenvalue weighted by molar-refractivity contribution is 6.30. The predicted molar refractivity (Wildman–Crippen MR) is 68.2 cm³/mol. The van der Waals surface area contributed by atoms with E-state index in [-0.39, 0.29) is 5.56 Å². The number of rotatable bonds is 2. The second-order valence-corrected chi connectivity index (χ2v) is 4.13. The van der Waals surface area contributed by atoms with Crippen LogP contribution in [0.2, 0.25) is 5.02 Å². The summed E-state index contributed by atoms with van der Waals surface area (Å²) in [4.78, 5) is 11.4. The summed E-state index contributed by atoms with van der Waals surface area (Å²) in [6, 6.07) is 11.4. The third-order valence-corrected chi connectivity index (χ3v) is 2.80. The first-order valence-corrected chi connectivity index (χ1v) is 5.63. The first-order chi connectivity index (χ1) is 8.61. The highest BCUT2D eigenvalue weighted by Crippen LogP contribution is 2.24. The largest absolute Gasteiger partial charge is 0.465 e. The lowest BCUT2D eigenvalue weighted by molar-refractivity contribution is 0.0595. The Kier molecular flexibility index (Phi) is 3.63. The summed E-state index contributed by atoms with van der Waals surface area (Å²) >= 11 is 5.79. The van der Waals surface area contributed by atoms with E-state index in [1.807, 2.05) is 0 Å². The lowest BCUT2D eigenvalue weighted by Gasteiger charge is -2.06. The van der Waals surface area contributed by atoms with Gasteiger partial charge in [0.25, 0.3) is 0 Å². The van der Waals surface area contributed by atoms with Gasteiger partial charge in [0.2, 0.25) is 0 Å². The number of carbonyl (C=O) groups excluding carboxylic acids is 1. The highest BCUT2D eigenvalue weighted by atomic mass is 35.5. The van der Waals surface area contributed by atoms with Gasteiger partial charge >= 0.3 is 5.97 Å². The molecule has 0 bridgehead atoms. The number of halogens is 2. The van der Waals surface area contributed by atoms with Crippen molar-refractivity contribution >= 4 is 17.6 Å². The minimum Gasteiger partial charge on any atom is -0.465 e. The van der Waals surface area contributed by atoms with E-state index in [1.54, 1.807) is 30.3 Å². The summed E-state index contributed by atoms with van der Waals surface area (Å²) in [7, 11) is 1.22. The van der Waals surface area contributed by atoms with Gasteiger partial charge in [0.05, 0.1) is 12.7 Å². The maximum atomic E-state index is 13.5. The van der Waals surface area contributed by atoms with Crippen LogP contribution in [0.25, 0.3) is 11.1 Å². The van der Waals surface area contributed by atoms with Crippen LogP contribution in [0, 0.1) is 5.82 Å². The normalized spacial score (nSPS) is 10.2. The molecule has 0 unspecified atom stereocenters. The zero-order valence-electron chi connectivity index (χ0n) is 9.61. The maximum absolute atomic E-state index is 13.5. The van der Waals surface area contributed by atoms with Gasteiger partial charge in [-0.1, -0.05) is 29.8 Å². The van der Waals surface area contributed by atoms with Crippen LogP contribution in [0.15, 0.2) is 42.5 Å². The summed E-state index contributed by atoms with van der Waals surface area (Å²) in [5.74, 6) is -1.29. The summed E-state index contributed by atoms with van der Waals surface area (Å²) in [6.45, 7) is 0. The van der Waals surface area contributed by atoms with E-state index in [2.05, 4.69) is 4.74 Å². The van der Waals surface area contributed by atoms with Gasteiger partial charge in [0.1, 0.15) is 5.82 Å². The lowest BCUT2D eigenvalue weighted by Crippen LogP contribution is -2.04. The topological polar surface area (TPSA) is 26.3 Å². The minimum absolute atomic E-state index is 0.0787. The molecule has 0 N–H and O–H groups in total. The Morgan fingerprint density at radius 2 is 1.72 bits per heavy atom. The van der Waals surface area contributed by atoms with Crippen molar-refractivity contribution in [2.24, 2.45) is 0 Å². The number of methoxy groups -OCH3 is 1. The lowest BCUT2D eigenvalue weighted by atomic mass is 10.0. The molecule has 2 aromatic rings. The minimum atomic E-state index is -0.691. The van der Waals surface area contributed by atoms with Crippen molar-refractivity contribution in [1.29, 1.82) is 0 Å². The SMILES string of the molecule is COC(=O)c1cc(-c2ccc(Cl)cc2)ccc1F. The molecular formula is C14H10ClFO2. The molecule has 0 aliphatic heterocycles. The van der Waals surface area contributed by atoms with Crippen molar-refractivity contribution in [2.75, 3.05) is 7.11 Å². The van der Waals surface area contributed by atoms with Crippen molar-refractivity contribution in [3.63, 3.8) is 0 Å². The first-order valence-electron chi connectivity index (χ1n) is 5.25. The van der Waals surface area contributed by atoms with Crippen LogP contribution in [-0.4, -0.2) is 13.1 Å². The second kappa shape index (κ2) is 5.19. The highest BCUT2D eigenvalue weighted by Gasteiger charge is 2.13. The predicted octanol–water partition coefficient (Wildman–Crippen LogP) is 3.93. The number of ether oxygens (including phenoxy) is 1. The van der Waals surface area contributed by atoms with Gasteiger partial charge in [0, 0.05) is 5.02 Å². The van der Waals surface area contributed by atoms with Gasteiger partial charge in [-0.15, -0.1) is 0 Å². The van der Waals surface area contributed by atoms with E-state index in [4.69, 9.17) is 11.6 Å². The van der Waals surface area contributed by atoms with Gasteiger partial charge in [-0.2, -0.15) is 0 Å². The van der Waals surface area contributed by atoms with Crippen LogP contribution in [0.5, 0.6) is 0 Å². The average Bonchev–Trinajstić information content (AvgIpc) is 2.39. The van der Waals surface area contributed by atoms with Gasteiger partial charge < -0.3 is 4.74 Å². The van der Waals surface area contributed by atoms with E-state index in [1.165, 1.54) is 19.2 Å². The Labute approximate surface area is 109 Å².